The molecule has 110 valence electrons. The van der Waals surface area contributed by atoms with Crippen LogP contribution in [0.25, 0.3) is 0 Å². The highest BCUT2D eigenvalue weighted by molar-refractivity contribution is 7.13. The van der Waals surface area contributed by atoms with Gasteiger partial charge in [0.15, 0.2) is 0 Å². The van der Waals surface area contributed by atoms with Gasteiger partial charge < -0.3 is 14.7 Å². The Kier molecular flexibility index (Phi) is 4.72. The molecule has 1 atom stereocenters. The average molecular weight is 298 g/mol. The number of ether oxygens (including phenoxy) is 1. The number of piperidine rings is 1. The Labute approximate surface area is 121 Å². The zero-order valence-corrected chi connectivity index (χ0v) is 12.4. The smallest absolute Gasteiger partial charge is 0.326 e. The van der Waals surface area contributed by atoms with Crippen molar-refractivity contribution in [3.8, 4) is 0 Å². The van der Waals surface area contributed by atoms with E-state index in [0.29, 0.717) is 30.1 Å². The molecule has 1 saturated heterocycles. The molecule has 0 radical (unpaired) electrons. The molecular weight excluding hydrogens is 280 g/mol. The van der Waals surface area contributed by atoms with E-state index >= 15 is 0 Å². The number of carbonyl (C=O) groups is 2. The van der Waals surface area contributed by atoms with E-state index in [-0.39, 0.29) is 5.91 Å². The first-order valence-corrected chi connectivity index (χ1v) is 7.35. The molecule has 20 heavy (non-hydrogen) atoms. The molecule has 2 rings (SSSR count). The third-order valence-electron chi connectivity index (χ3n) is 3.35. The van der Waals surface area contributed by atoms with Gasteiger partial charge in [-0.1, -0.05) is 0 Å². The van der Waals surface area contributed by atoms with Crippen LogP contribution >= 0.6 is 11.3 Å². The molecule has 6 nitrogen and oxygen atoms in total. The number of aromatic nitrogens is 1. The summed E-state index contributed by atoms with van der Waals surface area (Å²) in [4.78, 5) is 30.1. The van der Waals surface area contributed by atoms with Crippen molar-refractivity contribution in [1.82, 2.24) is 9.88 Å². The zero-order chi connectivity index (χ0) is 14.7. The number of carboxylic acids is 1. The number of methoxy groups -OCH3 is 1. The highest BCUT2D eigenvalue weighted by Crippen LogP contribution is 2.25. The number of aryl methyl sites for hydroxylation is 1. The van der Waals surface area contributed by atoms with Crippen LogP contribution in [0.3, 0.4) is 0 Å². The topological polar surface area (TPSA) is 79.7 Å². The van der Waals surface area contributed by atoms with Gasteiger partial charge in [-0.05, 0) is 26.2 Å². The van der Waals surface area contributed by atoms with Crippen LogP contribution in [0.5, 0.6) is 0 Å². The molecule has 0 aromatic carbocycles. The summed E-state index contributed by atoms with van der Waals surface area (Å²) in [5.41, 5.74) is 0.641. The normalized spacial score (nSPS) is 19.1. The lowest BCUT2D eigenvalue weighted by atomic mass is 10.0. The fraction of sp³-hybridized carbons (Fsp3) is 0.615. The Morgan fingerprint density at radius 1 is 1.50 bits per heavy atom. The van der Waals surface area contributed by atoms with Crippen LogP contribution in [0.1, 0.15) is 39.6 Å². The van der Waals surface area contributed by atoms with Crippen molar-refractivity contribution in [2.45, 2.75) is 38.8 Å². The standard InChI is InChI=1S/C13H18N2O4S/c1-8-11(20-10(14-8)7-19-2)12(16)15-6-4-3-5-9(15)13(17)18/h9H,3-7H2,1-2H3,(H,17,18). The number of hydrogen-bond donors (Lipinski definition) is 1. The van der Waals surface area contributed by atoms with Gasteiger partial charge in [0, 0.05) is 13.7 Å². The van der Waals surface area contributed by atoms with E-state index in [9.17, 15) is 14.7 Å². The van der Waals surface area contributed by atoms with Gasteiger partial charge in [-0.25, -0.2) is 9.78 Å². The number of carbonyl (C=O) groups excluding carboxylic acids is 1. The van der Waals surface area contributed by atoms with Crippen LogP contribution < -0.4 is 0 Å². The fourth-order valence-corrected chi connectivity index (χ4v) is 3.39. The summed E-state index contributed by atoms with van der Waals surface area (Å²) in [6.07, 6.45) is 2.21. The maximum absolute atomic E-state index is 12.5. The molecule has 7 heteroatoms. The maximum Gasteiger partial charge on any atom is 0.326 e. The molecule has 1 aromatic heterocycles. The van der Waals surface area contributed by atoms with Gasteiger partial charge in [-0.15, -0.1) is 11.3 Å². The van der Waals surface area contributed by atoms with Crippen molar-refractivity contribution in [2.75, 3.05) is 13.7 Å². The summed E-state index contributed by atoms with van der Waals surface area (Å²) in [6, 6.07) is -0.719. The Morgan fingerprint density at radius 3 is 2.90 bits per heavy atom. The second-order valence-electron chi connectivity index (χ2n) is 4.80. The lowest BCUT2D eigenvalue weighted by Gasteiger charge is -2.32. The Bertz CT molecular complexity index is 514. The molecule has 1 unspecified atom stereocenters. The Balaban J connectivity index is 2.22. The molecule has 1 aliphatic rings. The summed E-state index contributed by atoms with van der Waals surface area (Å²) < 4.78 is 5.01. The maximum atomic E-state index is 12.5. The number of nitrogens with zero attached hydrogens (tertiary/aromatic N) is 2. The molecule has 1 fully saturated rings. The number of amides is 1. The lowest BCUT2D eigenvalue weighted by Crippen LogP contribution is -2.47. The first-order valence-electron chi connectivity index (χ1n) is 6.53. The molecule has 0 saturated carbocycles. The van der Waals surface area contributed by atoms with E-state index < -0.39 is 12.0 Å². The molecule has 1 N–H and O–H groups in total. The second-order valence-corrected chi connectivity index (χ2v) is 5.89. The Hall–Kier alpha value is -1.47. The van der Waals surface area contributed by atoms with Gasteiger partial charge >= 0.3 is 5.97 Å². The molecule has 2 heterocycles. The van der Waals surface area contributed by atoms with Crippen molar-refractivity contribution in [3.63, 3.8) is 0 Å². The van der Waals surface area contributed by atoms with Crippen LogP contribution in [-0.4, -0.2) is 46.6 Å². The number of thiazole rings is 1. The molecular formula is C13H18N2O4S. The number of aliphatic carboxylic acids is 1. The molecule has 0 aliphatic carbocycles. The molecule has 1 aromatic rings. The van der Waals surface area contributed by atoms with Gasteiger partial charge in [0.2, 0.25) is 0 Å². The van der Waals surface area contributed by atoms with Crippen LogP contribution in [0, 0.1) is 6.92 Å². The van der Waals surface area contributed by atoms with E-state index in [0.717, 1.165) is 17.8 Å². The molecule has 1 aliphatic heterocycles. The van der Waals surface area contributed by atoms with E-state index in [1.807, 2.05) is 0 Å². The largest absolute Gasteiger partial charge is 0.480 e. The number of carboxylic acid groups (broad SMARTS) is 1. The highest BCUT2D eigenvalue weighted by Gasteiger charge is 2.34. The van der Waals surface area contributed by atoms with E-state index in [4.69, 9.17) is 4.74 Å². The summed E-state index contributed by atoms with van der Waals surface area (Å²) in [6.45, 7) is 2.62. The second kappa shape index (κ2) is 6.32. The fourth-order valence-electron chi connectivity index (χ4n) is 2.40. The highest BCUT2D eigenvalue weighted by atomic mass is 32.1. The van der Waals surface area contributed by atoms with E-state index in [1.165, 1.54) is 16.2 Å². The summed E-state index contributed by atoms with van der Waals surface area (Å²) >= 11 is 1.28. The summed E-state index contributed by atoms with van der Waals surface area (Å²) in [5.74, 6) is -1.16. The van der Waals surface area contributed by atoms with Gasteiger partial charge in [0.1, 0.15) is 15.9 Å². The van der Waals surface area contributed by atoms with Crippen LogP contribution in [-0.2, 0) is 16.1 Å². The molecule has 0 bridgehead atoms. The van der Waals surface area contributed by atoms with Crippen molar-refractivity contribution in [3.05, 3.63) is 15.6 Å². The van der Waals surface area contributed by atoms with Crippen molar-refractivity contribution < 1.29 is 19.4 Å². The summed E-state index contributed by atoms with van der Waals surface area (Å²) in [7, 11) is 1.57. The van der Waals surface area contributed by atoms with Gasteiger partial charge in [0.25, 0.3) is 5.91 Å². The monoisotopic (exact) mass is 298 g/mol. The minimum Gasteiger partial charge on any atom is -0.480 e. The number of likely N-dealkylation sites (tertiary alicyclic amines) is 1. The first kappa shape index (κ1) is 14.9. The van der Waals surface area contributed by atoms with Crippen LogP contribution in [0.2, 0.25) is 0 Å². The van der Waals surface area contributed by atoms with Crippen LogP contribution in [0.15, 0.2) is 0 Å². The van der Waals surface area contributed by atoms with E-state index in [2.05, 4.69) is 4.98 Å². The van der Waals surface area contributed by atoms with Crippen molar-refractivity contribution in [1.29, 1.82) is 0 Å². The molecule has 0 spiro atoms. The summed E-state index contributed by atoms with van der Waals surface area (Å²) in [5, 5.41) is 9.97. The van der Waals surface area contributed by atoms with Crippen LogP contribution in [0.4, 0.5) is 0 Å². The third kappa shape index (κ3) is 2.99. The Morgan fingerprint density at radius 2 is 2.25 bits per heavy atom. The lowest BCUT2D eigenvalue weighted by molar-refractivity contribution is -0.143. The molecule has 1 amide bonds. The quantitative estimate of drug-likeness (QED) is 0.914. The third-order valence-corrected chi connectivity index (χ3v) is 4.47. The minimum atomic E-state index is -0.933. The van der Waals surface area contributed by atoms with Gasteiger partial charge in [-0.2, -0.15) is 0 Å². The predicted octanol–water partition coefficient (Wildman–Crippen LogP) is 1.68. The number of hydrogen-bond acceptors (Lipinski definition) is 5. The van der Waals surface area contributed by atoms with E-state index in [1.54, 1.807) is 14.0 Å². The SMILES string of the molecule is COCc1nc(C)c(C(=O)N2CCCCC2C(=O)O)s1. The average Bonchev–Trinajstić information content (AvgIpc) is 2.79. The van der Waals surface area contributed by atoms with Crippen molar-refractivity contribution >= 4 is 23.2 Å². The van der Waals surface area contributed by atoms with Crippen molar-refractivity contribution in [2.24, 2.45) is 0 Å². The zero-order valence-electron chi connectivity index (χ0n) is 11.6. The predicted molar refractivity (Wildman–Crippen MR) is 73.9 cm³/mol. The first-order chi connectivity index (χ1) is 9.54. The van der Waals surface area contributed by atoms with Gasteiger partial charge in [0.05, 0.1) is 12.3 Å². The minimum absolute atomic E-state index is 0.227. The number of rotatable bonds is 4. The van der Waals surface area contributed by atoms with Gasteiger partial charge in [-0.3, -0.25) is 4.79 Å².